The van der Waals surface area contributed by atoms with Gasteiger partial charge in [-0.25, -0.2) is 0 Å². The SMILES string of the molecule is CCCNC(C#N)(CN1C(=O)CCC1=O)c1ccccc1. The third-order valence-corrected chi connectivity index (χ3v) is 3.68. The molecule has 2 rings (SSSR count). The Bertz CT molecular complexity index is 549. The Kier molecular flexibility index (Phi) is 4.71. The minimum absolute atomic E-state index is 0.0607. The Morgan fingerprint density at radius 1 is 1.24 bits per heavy atom. The molecule has 1 aromatic rings. The molecular weight excluding hydrogens is 266 g/mol. The molecule has 1 N–H and O–H groups in total. The summed E-state index contributed by atoms with van der Waals surface area (Å²) in [6.07, 6.45) is 1.34. The molecule has 1 aliphatic rings. The highest BCUT2D eigenvalue weighted by Gasteiger charge is 2.40. The fraction of sp³-hybridized carbons (Fsp3) is 0.438. The molecule has 1 unspecified atom stereocenters. The van der Waals surface area contributed by atoms with Gasteiger partial charge in [-0.15, -0.1) is 0 Å². The zero-order valence-electron chi connectivity index (χ0n) is 12.1. The summed E-state index contributed by atoms with van der Waals surface area (Å²) >= 11 is 0. The second kappa shape index (κ2) is 6.51. The van der Waals surface area contributed by atoms with E-state index in [1.807, 2.05) is 37.3 Å². The molecular formula is C16H19N3O2. The highest BCUT2D eigenvalue weighted by atomic mass is 16.2. The fourth-order valence-corrected chi connectivity index (χ4v) is 2.49. The number of nitrogens with zero attached hydrogens (tertiary/aromatic N) is 2. The highest BCUT2D eigenvalue weighted by Crippen LogP contribution is 2.25. The second-order valence-electron chi connectivity index (χ2n) is 5.18. The molecule has 21 heavy (non-hydrogen) atoms. The zero-order chi connectivity index (χ0) is 15.3. The standard InChI is InChI=1S/C16H19N3O2/c1-2-10-18-16(11-17,13-6-4-3-5-7-13)12-19-14(20)8-9-15(19)21/h3-7,18H,2,8-10,12H2,1H3. The van der Waals surface area contributed by atoms with Gasteiger partial charge in [-0.2, -0.15) is 5.26 Å². The minimum Gasteiger partial charge on any atom is -0.294 e. The number of likely N-dealkylation sites (tertiary alicyclic amines) is 1. The van der Waals surface area contributed by atoms with Gasteiger partial charge in [0.1, 0.15) is 0 Å². The van der Waals surface area contributed by atoms with E-state index >= 15 is 0 Å². The van der Waals surface area contributed by atoms with E-state index < -0.39 is 5.54 Å². The smallest absolute Gasteiger partial charge is 0.229 e. The summed E-state index contributed by atoms with van der Waals surface area (Å²) in [7, 11) is 0. The number of carbonyl (C=O) groups is 2. The van der Waals surface area contributed by atoms with Crippen LogP contribution in [0.15, 0.2) is 30.3 Å². The molecule has 1 fully saturated rings. The summed E-state index contributed by atoms with van der Waals surface area (Å²) in [5.41, 5.74) is -0.277. The lowest BCUT2D eigenvalue weighted by atomic mass is 9.90. The van der Waals surface area contributed by atoms with Gasteiger partial charge in [0, 0.05) is 12.8 Å². The molecule has 5 heteroatoms. The summed E-state index contributed by atoms with van der Waals surface area (Å²) in [5.74, 6) is -0.400. The van der Waals surface area contributed by atoms with E-state index in [2.05, 4.69) is 11.4 Å². The number of amides is 2. The van der Waals surface area contributed by atoms with Crippen LogP contribution in [-0.4, -0.2) is 29.8 Å². The molecule has 1 heterocycles. The number of rotatable bonds is 6. The van der Waals surface area contributed by atoms with E-state index in [0.29, 0.717) is 6.54 Å². The lowest BCUT2D eigenvalue weighted by Crippen LogP contribution is -2.51. The van der Waals surface area contributed by atoms with Crippen LogP contribution in [0.25, 0.3) is 0 Å². The molecule has 0 spiro atoms. The predicted octanol–water partition coefficient (Wildman–Crippen LogP) is 1.55. The predicted molar refractivity (Wildman–Crippen MR) is 78.0 cm³/mol. The van der Waals surface area contributed by atoms with Gasteiger partial charge in [0.25, 0.3) is 0 Å². The van der Waals surface area contributed by atoms with Crippen LogP contribution in [0.5, 0.6) is 0 Å². The van der Waals surface area contributed by atoms with Crippen LogP contribution in [0.1, 0.15) is 31.7 Å². The van der Waals surface area contributed by atoms with Gasteiger partial charge in [-0.05, 0) is 18.5 Å². The largest absolute Gasteiger partial charge is 0.294 e. The van der Waals surface area contributed by atoms with Gasteiger partial charge in [0.15, 0.2) is 5.54 Å². The van der Waals surface area contributed by atoms with Gasteiger partial charge in [0.2, 0.25) is 11.8 Å². The van der Waals surface area contributed by atoms with E-state index in [-0.39, 0.29) is 31.2 Å². The fourth-order valence-electron chi connectivity index (χ4n) is 2.49. The first kappa shape index (κ1) is 15.2. The third-order valence-electron chi connectivity index (χ3n) is 3.68. The molecule has 0 aliphatic carbocycles. The molecule has 0 saturated carbocycles. The van der Waals surface area contributed by atoms with Gasteiger partial charge in [0.05, 0.1) is 12.6 Å². The Balaban J connectivity index is 2.34. The van der Waals surface area contributed by atoms with E-state index in [9.17, 15) is 14.9 Å². The van der Waals surface area contributed by atoms with Crippen LogP contribution in [-0.2, 0) is 15.1 Å². The van der Waals surface area contributed by atoms with Crippen LogP contribution >= 0.6 is 0 Å². The van der Waals surface area contributed by atoms with E-state index in [0.717, 1.165) is 12.0 Å². The molecule has 1 aliphatic heterocycles. The summed E-state index contributed by atoms with van der Waals surface area (Å²) in [5, 5.41) is 12.9. The Morgan fingerprint density at radius 3 is 2.38 bits per heavy atom. The van der Waals surface area contributed by atoms with E-state index in [1.54, 1.807) is 0 Å². The summed E-state index contributed by atoms with van der Waals surface area (Å²) in [6, 6.07) is 11.5. The molecule has 2 amide bonds. The first-order valence-corrected chi connectivity index (χ1v) is 7.18. The van der Waals surface area contributed by atoms with Crippen molar-refractivity contribution < 1.29 is 9.59 Å². The van der Waals surface area contributed by atoms with Crippen LogP contribution in [0.2, 0.25) is 0 Å². The van der Waals surface area contributed by atoms with Crippen molar-refractivity contribution in [3.63, 3.8) is 0 Å². The molecule has 0 bridgehead atoms. The number of carbonyl (C=O) groups excluding carboxylic acids is 2. The molecule has 110 valence electrons. The summed E-state index contributed by atoms with van der Waals surface area (Å²) in [4.78, 5) is 24.9. The maximum Gasteiger partial charge on any atom is 0.229 e. The van der Waals surface area contributed by atoms with Crippen molar-refractivity contribution in [3.05, 3.63) is 35.9 Å². The maximum atomic E-state index is 11.9. The Morgan fingerprint density at radius 2 is 1.86 bits per heavy atom. The highest BCUT2D eigenvalue weighted by molar-refractivity contribution is 6.02. The molecule has 0 aromatic heterocycles. The number of hydrogen-bond acceptors (Lipinski definition) is 4. The number of benzene rings is 1. The topological polar surface area (TPSA) is 73.2 Å². The average molecular weight is 285 g/mol. The van der Waals surface area contributed by atoms with Crippen molar-refractivity contribution in [1.29, 1.82) is 5.26 Å². The number of nitrogens with one attached hydrogen (secondary N) is 1. The van der Waals surface area contributed by atoms with E-state index in [1.165, 1.54) is 4.90 Å². The Labute approximate surface area is 124 Å². The van der Waals surface area contributed by atoms with Crippen LogP contribution in [0.4, 0.5) is 0 Å². The lowest BCUT2D eigenvalue weighted by molar-refractivity contribution is -0.139. The number of nitriles is 1. The van der Waals surface area contributed by atoms with Gasteiger partial charge in [-0.3, -0.25) is 19.8 Å². The quantitative estimate of drug-likeness (QED) is 0.805. The molecule has 5 nitrogen and oxygen atoms in total. The summed E-state index contributed by atoms with van der Waals surface area (Å²) < 4.78 is 0. The van der Waals surface area contributed by atoms with Crippen molar-refractivity contribution in [2.24, 2.45) is 0 Å². The van der Waals surface area contributed by atoms with Crippen LogP contribution in [0.3, 0.4) is 0 Å². The van der Waals surface area contributed by atoms with Crippen molar-refractivity contribution in [2.45, 2.75) is 31.7 Å². The van der Waals surface area contributed by atoms with Gasteiger partial charge >= 0.3 is 0 Å². The maximum absolute atomic E-state index is 11.9. The second-order valence-corrected chi connectivity index (χ2v) is 5.18. The molecule has 1 aromatic carbocycles. The summed E-state index contributed by atoms with van der Waals surface area (Å²) in [6.45, 7) is 2.70. The van der Waals surface area contributed by atoms with Crippen LogP contribution in [0, 0.1) is 11.3 Å². The molecule has 1 atom stereocenters. The van der Waals surface area contributed by atoms with E-state index in [4.69, 9.17) is 0 Å². The average Bonchev–Trinajstić information content (AvgIpc) is 2.84. The molecule has 1 saturated heterocycles. The monoisotopic (exact) mass is 285 g/mol. The van der Waals surface area contributed by atoms with Crippen LogP contribution < -0.4 is 5.32 Å². The van der Waals surface area contributed by atoms with Crippen molar-refractivity contribution >= 4 is 11.8 Å². The van der Waals surface area contributed by atoms with Gasteiger partial charge in [-0.1, -0.05) is 37.3 Å². The number of hydrogen-bond donors (Lipinski definition) is 1. The first-order chi connectivity index (χ1) is 10.1. The van der Waals surface area contributed by atoms with Crippen molar-refractivity contribution in [1.82, 2.24) is 10.2 Å². The number of imide groups is 1. The normalized spacial score (nSPS) is 17.6. The van der Waals surface area contributed by atoms with Crippen molar-refractivity contribution in [3.8, 4) is 6.07 Å². The first-order valence-electron chi connectivity index (χ1n) is 7.18. The van der Waals surface area contributed by atoms with Crippen molar-refractivity contribution in [2.75, 3.05) is 13.1 Å². The lowest BCUT2D eigenvalue weighted by Gasteiger charge is -2.31. The minimum atomic E-state index is -1.05. The zero-order valence-corrected chi connectivity index (χ0v) is 12.1. The Hall–Kier alpha value is -2.19. The van der Waals surface area contributed by atoms with Gasteiger partial charge < -0.3 is 0 Å². The molecule has 0 radical (unpaired) electrons. The third kappa shape index (κ3) is 3.11.